The molecule has 1 saturated heterocycles. The number of nitrogens with one attached hydrogen (secondary N) is 1. The number of hydrogen-bond donors (Lipinski definition) is 1. The lowest BCUT2D eigenvalue weighted by molar-refractivity contribution is 0.204. The smallest absolute Gasteiger partial charge is 0.253 e. The first kappa shape index (κ1) is 16.4. The number of hydrogen-bond acceptors (Lipinski definition) is 4. The Balaban J connectivity index is 2.17. The van der Waals surface area contributed by atoms with Gasteiger partial charge in [0.05, 0.1) is 0 Å². The molecule has 0 saturated carbocycles. The van der Waals surface area contributed by atoms with Crippen LogP contribution in [-0.2, 0) is 10.0 Å². The van der Waals surface area contributed by atoms with E-state index in [1.807, 2.05) is 0 Å². The molecule has 20 heavy (non-hydrogen) atoms. The Bertz CT molecular complexity index is 544. The summed E-state index contributed by atoms with van der Waals surface area (Å²) in [5.41, 5.74) is 0. The van der Waals surface area contributed by atoms with Gasteiger partial charge in [-0.25, -0.2) is 8.42 Å². The van der Waals surface area contributed by atoms with Gasteiger partial charge >= 0.3 is 0 Å². The second-order valence-electron chi connectivity index (χ2n) is 5.04. The molecule has 4 nitrogen and oxygen atoms in total. The van der Waals surface area contributed by atoms with E-state index in [9.17, 15) is 8.42 Å². The predicted molar refractivity (Wildman–Crippen MR) is 86.6 cm³/mol. The van der Waals surface area contributed by atoms with Crippen LogP contribution >= 0.6 is 27.3 Å². The number of thiophene rings is 1. The molecule has 2 rings (SSSR count). The molecule has 1 fully saturated rings. The molecule has 1 aromatic heterocycles. The number of halogens is 1. The highest BCUT2D eigenvalue weighted by atomic mass is 79.9. The first-order chi connectivity index (χ1) is 9.50. The van der Waals surface area contributed by atoms with Crippen LogP contribution in [0.25, 0.3) is 0 Å². The van der Waals surface area contributed by atoms with Crippen molar-refractivity contribution in [2.45, 2.75) is 36.9 Å². The zero-order valence-corrected chi connectivity index (χ0v) is 15.0. The molecule has 0 amide bonds. The van der Waals surface area contributed by atoms with E-state index >= 15 is 0 Å². The zero-order valence-electron chi connectivity index (χ0n) is 11.8. The van der Waals surface area contributed by atoms with Crippen LogP contribution in [0.15, 0.2) is 20.1 Å². The molecule has 2 unspecified atom stereocenters. The van der Waals surface area contributed by atoms with Crippen LogP contribution in [0.1, 0.15) is 26.7 Å². The van der Waals surface area contributed by atoms with Crippen LogP contribution in [0, 0.1) is 5.92 Å². The Morgan fingerprint density at radius 3 is 2.80 bits per heavy atom. The second-order valence-corrected chi connectivity index (χ2v) is 8.94. The summed E-state index contributed by atoms with van der Waals surface area (Å²) in [6, 6.07) is 2.23. The largest absolute Gasteiger partial charge is 0.314 e. The molecule has 1 aliphatic heterocycles. The van der Waals surface area contributed by atoms with Gasteiger partial charge in [-0.2, -0.15) is 4.31 Å². The lowest BCUT2D eigenvalue weighted by Crippen LogP contribution is -2.50. The fourth-order valence-corrected chi connectivity index (χ4v) is 6.70. The number of sulfonamides is 1. The van der Waals surface area contributed by atoms with Crippen LogP contribution < -0.4 is 5.32 Å². The van der Waals surface area contributed by atoms with Gasteiger partial charge in [0.25, 0.3) is 10.0 Å². The van der Waals surface area contributed by atoms with Gasteiger partial charge in [0, 0.05) is 23.6 Å². The zero-order chi connectivity index (χ0) is 14.8. The van der Waals surface area contributed by atoms with Crippen molar-refractivity contribution in [1.82, 2.24) is 9.62 Å². The fourth-order valence-electron chi connectivity index (χ4n) is 2.74. The van der Waals surface area contributed by atoms with Crippen molar-refractivity contribution < 1.29 is 8.42 Å². The maximum Gasteiger partial charge on any atom is 0.253 e. The quantitative estimate of drug-likeness (QED) is 0.853. The molecule has 7 heteroatoms. The van der Waals surface area contributed by atoms with E-state index in [1.54, 1.807) is 15.8 Å². The SMILES string of the molecule is CCNC1CCN(S(=O)(=O)c2sccc2Br)CC1CC. The molecule has 1 N–H and O–H groups in total. The minimum absolute atomic E-state index is 0.386. The van der Waals surface area contributed by atoms with Crippen molar-refractivity contribution in [3.63, 3.8) is 0 Å². The summed E-state index contributed by atoms with van der Waals surface area (Å²) in [5, 5.41) is 5.28. The minimum atomic E-state index is -3.35. The average Bonchev–Trinajstić information content (AvgIpc) is 2.86. The first-order valence-electron chi connectivity index (χ1n) is 6.97. The average molecular weight is 381 g/mol. The second kappa shape index (κ2) is 6.87. The summed E-state index contributed by atoms with van der Waals surface area (Å²) in [6.07, 6.45) is 1.88. The van der Waals surface area contributed by atoms with E-state index in [4.69, 9.17) is 0 Å². The minimum Gasteiger partial charge on any atom is -0.314 e. The highest BCUT2D eigenvalue weighted by molar-refractivity contribution is 9.10. The van der Waals surface area contributed by atoms with Crippen molar-refractivity contribution in [2.24, 2.45) is 5.92 Å². The molecule has 114 valence electrons. The monoisotopic (exact) mass is 380 g/mol. The van der Waals surface area contributed by atoms with Crippen molar-refractivity contribution in [3.05, 3.63) is 15.9 Å². The summed E-state index contributed by atoms with van der Waals surface area (Å²) >= 11 is 4.61. The van der Waals surface area contributed by atoms with Gasteiger partial charge in [-0.05, 0) is 46.3 Å². The third kappa shape index (κ3) is 3.27. The Labute approximate surface area is 133 Å². The Morgan fingerprint density at radius 2 is 2.25 bits per heavy atom. The van der Waals surface area contributed by atoms with Gasteiger partial charge in [-0.1, -0.05) is 20.3 Å². The molecule has 0 radical (unpaired) electrons. The van der Waals surface area contributed by atoms with Gasteiger partial charge in [-0.15, -0.1) is 11.3 Å². The maximum absolute atomic E-state index is 12.7. The van der Waals surface area contributed by atoms with Gasteiger partial charge < -0.3 is 5.32 Å². The van der Waals surface area contributed by atoms with E-state index < -0.39 is 10.0 Å². The maximum atomic E-state index is 12.7. The van der Waals surface area contributed by atoms with Gasteiger partial charge in [0.1, 0.15) is 4.21 Å². The van der Waals surface area contributed by atoms with Crippen LogP contribution in [0.5, 0.6) is 0 Å². The lowest BCUT2D eigenvalue weighted by atomic mass is 9.91. The summed E-state index contributed by atoms with van der Waals surface area (Å²) in [4.78, 5) is 0. The van der Waals surface area contributed by atoms with Gasteiger partial charge in [0.15, 0.2) is 0 Å². The topological polar surface area (TPSA) is 49.4 Å². The van der Waals surface area contributed by atoms with Crippen LogP contribution in [0.2, 0.25) is 0 Å². The summed E-state index contributed by atoms with van der Waals surface area (Å²) < 4.78 is 28.1. The van der Waals surface area contributed by atoms with Crippen molar-refractivity contribution >= 4 is 37.3 Å². The highest BCUT2D eigenvalue weighted by Crippen LogP contribution is 2.33. The Kier molecular flexibility index (Phi) is 5.64. The van der Waals surface area contributed by atoms with E-state index in [-0.39, 0.29) is 0 Å². The molecule has 0 bridgehead atoms. The predicted octanol–water partition coefficient (Wildman–Crippen LogP) is 2.91. The number of nitrogens with zero attached hydrogens (tertiary/aromatic N) is 1. The van der Waals surface area contributed by atoms with Crippen LogP contribution in [-0.4, -0.2) is 38.4 Å². The third-order valence-electron chi connectivity index (χ3n) is 3.85. The molecule has 2 heterocycles. The normalized spacial score (nSPS) is 24.9. The molecule has 2 atom stereocenters. The Hall–Kier alpha value is 0.0500. The van der Waals surface area contributed by atoms with E-state index in [2.05, 4.69) is 35.1 Å². The third-order valence-corrected chi connectivity index (χ3v) is 8.36. The molecule has 0 aliphatic carbocycles. The van der Waals surface area contributed by atoms with Crippen molar-refractivity contribution in [2.75, 3.05) is 19.6 Å². The fraction of sp³-hybridized carbons (Fsp3) is 0.692. The van der Waals surface area contributed by atoms with E-state index in [0.29, 0.717) is 33.7 Å². The molecule has 0 aromatic carbocycles. The highest BCUT2D eigenvalue weighted by Gasteiger charge is 2.35. The molecular formula is C13H21BrN2O2S2. The number of piperidine rings is 1. The first-order valence-corrected chi connectivity index (χ1v) is 10.1. The summed E-state index contributed by atoms with van der Waals surface area (Å²) in [5.74, 6) is 0.386. The van der Waals surface area contributed by atoms with Crippen LogP contribution in [0.4, 0.5) is 0 Å². The summed E-state index contributed by atoms with van der Waals surface area (Å²) in [6.45, 7) is 6.37. The van der Waals surface area contributed by atoms with Crippen molar-refractivity contribution in [3.8, 4) is 0 Å². The number of rotatable bonds is 5. The van der Waals surface area contributed by atoms with Crippen molar-refractivity contribution in [1.29, 1.82) is 0 Å². The Morgan fingerprint density at radius 1 is 1.50 bits per heavy atom. The van der Waals surface area contributed by atoms with E-state index in [1.165, 1.54) is 11.3 Å². The van der Waals surface area contributed by atoms with E-state index in [0.717, 1.165) is 19.4 Å². The lowest BCUT2D eigenvalue weighted by Gasteiger charge is -2.37. The van der Waals surface area contributed by atoms with Gasteiger partial charge in [0.2, 0.25) is 0 Å². The van der Waals surface area contributed by atoms with Gasteiger partial charge in [-0.3, -0.25) is 0 Å². The van der Waals surface area contributed by atoms with Crippen LogP contribution in [0.3, 0.4) is 0 Å². The summed E-state index contributed by atoms with van der Waals surface area (Å²) in [7, 11) is -3.35. The standard InChI is InChI=1S/C13H21BrN2O2S2/c1-3-10-9-16(7-5-12(10)15-4-2)20(17,18)13-11(14)6-8-19-13/h6,8,10,12,15H,3-5,7,9H2,1-2H3. The molecular weight excluding hydrogens is 360 g/mol. The molecule has 1 aromatic rings. The molecule has 1 aliphatic rings. The molecule has 0 spiro atoms.